The zero-order chi connectivity index (χ0) is 14.0. The van der Waals surface area contributed by atoms with E-state index in [1.807, 2.05) is 19.4 Å². The summed E-state index contributed by atoms with van der Waals surface area (Å²) >= 11 is 1.61. The van der Waals surface area contributed by atoms with E-state index in [4.69, 9.17) is 0 Å². The normalized spacial score (nSPS) is 12.2. The molecular formula is C13H15N3O2S. The van der Waals surface area contributed by atoms with Crippen molar-refractivity contribution in [1.29, 1.82) is 0 Å². The number of hydrogen-bond donors (Lipinski definition) is 1. The first-order valence-electron chi connectivity index (χ1n) is 5.90. The number of non-ortho nitro benzene ring substituents is 1. The number of hydrogen-bond acceptors (Lipinski definition) is 5. The molecule has 0 radical (unpaired) electrons. The topological polar surface area (TPSA) is 68.1 Å². The average molecular weight is 277 g/mol. The summed E-state index contributed by atoms with van der Waals surface area (Å²) in [5.74, 6) is 0. The molecule has 1 aromatic heterocycles. The van der Waals surface area contributed by atoms with Gasteiger partial charge in [0, 0.05) is 22.7 Å². The molecule has 2 aromatic rings. The number of nitro benzene ring substituents is 1. The van der Waals surface area contributed by atoms with Gasteiger partial charge in [-0.2, -0.15) is 0 Å². The number of aryl methyl sites for hydroxylation is 2. The Bertz CT molecular complexity index is 610. The monoisotopic (exact) mass is 277 g/mol. The summed E-state index contributed by atoms with van der Waals surface area (Å²) in [5.41, 5.74) is 4.73. The summed E-state index contributed by atoms with van der Waals surface area (Å²) in [6, 6.07) is 4.98. The van der Waals surface area contributed by atoms with E-state index in [9.17, 15) is 10.1 Å². The number of anilines is 1. The van der Waals surface area contributed by atoms with Gasteiger partial charge in [-0.15, -0.1) is 11.3 Å². The molecule has 5 nitrogen and oxygen atoms in total. The maximum absolute atomic E-state index is 10.7. The molecule has 2 rings (SSSR count). The summed E-state index contributed by atoms with van der Waals surface area (Å²) in [6.07, 6.45) is 0. The molecule has 0 aliphatic rings. The molecule has 0 bridgehead atoms. The fourth-order valence-corrected chi connectivity index (χ4v) is 2.76. The van der Waals surface area contributed by atoms with E-state index in [1.54, 1.807) is 23.5 Å². The van der Waals surface area contributed by atoms with Crippen LogP contribution >= 0.6 is 11.3 Å². The molecule has 0 saturated heterocycles. The minimum Gasteiger partial charge on any atom is -0.377 e. The number of nitrogens with one attached hydrogen (secondary N) is 1. The molecule has 0 saturated carbocycles. The molecule has 1 heterocycles. The van der Waals surface area contributed by atoms with E-state index in [0.29, 0.717) is 0 Å². The standard InChI is InChI=1S/C13H15N3O2S/c1-8-6-11(16(17)18)4-5-12(8)15-10(3)13-9(2)14-7-19-13/h4-7,10,15H,1-3H3. The second-order valence-electron chi connectivity index (χ2n) is 4.42. The van der Waals surface area contributed by atoms with Crippen LogP contribution in [0.25, 0.3) is 0 Å². The van der Waals surface area contributed by atoms with Gasteiger partial charge in [0.05, 0.1) is 22.2 Å². The van der Waals surface area contributed by atoms with Gasteiger partial charge in [0.1, 0.15) is 0 Å². The van der Waals surface area contributed by atoms with Crippen LogP contribution in [0.1, 0.15) is 29.1 Å². The SMILES string of the molecule is Cc1cc([N+](=O)[O-])ccc1NC(C)c1scnc1C. The molecule has 100 valence electrons. The van der Waals surface area contributed by atoms with Crippen LogP contribution in [0.3, 0.4) is 0 Å². The number of nitro groups is 1. The van der Waals surface area contributed by atoms with Crippen molar-refractivity contribution >= 4 is 22.7 Å². The Morgan fingerprint density at radius 2 is 2.16 bits per heavy atom. The van der Waals surface area contributed by atoms with Crippen molar-refractivity contribution in [3.63, 3.8) is 0 Å². The van der Waals surface area contributed by atoms with Gasteiger partial charge in [-0.1, -0.05) is 0 Å². The van der Waals surface area contributed by atoms with E-state index in [0.717, 1.165) is 16.9 Å². The van der Waals surface area contributed by atoms with Gasteiger partial charge in [0.15, 0.2) is 0 Å². The third-order valence-corrected chi connectivity index (χ3v) is 4.08. The number of rotatable bonds is 4. The highest BCUT2D eigenvalue weighted by Gasteiger charge is 2.13. The number of benzene rings is 1. The summed E-state index contributed by atoms with van der Waals surface area (Å²) in [4.78, 5) is 15.7. The van der Waals surface area contributed by atoms with Crippen LogP contribution in [0.15, 0.2) is 23.7 Å². The quantitative estimate of drug-likeness (QED) is 0.681. The average Bonchev–Trinajstić information content (AvgIpc) is 2.77. The Morgan fingerprint density at radius 1 is 1.42 bits per heavy atom. The second-order valence-corrected chi connectivity index (χ2v) is 5.31. The zero-order valence-corrected chi connectivity index (χ0v) is 11.8. The van der Waals surface area contributed by atoms with Crippen molar-refractivity contribution in [2.45, 2.75) is 26.8 Å². The van der Waals surface area contributed by atoms with Crippen LogP contribution in [0, 0.1) is 24.0 Å². The van der Waals surface area contributed by atoms with Crippen molar-refractivity contribution in [1.82, 2.24) is 4.98 Å². The van der Waals surface area contributed by atoms with Gasteiger partial charge >= 0.3 is 0 Å². The van der Waals surface area contributed by atoms with Crippen LogP contribution in [-0.4, -0.2) is 9.91 Å². The van der Waals surface area contributed by atoms with Crippen LogP contribution in [0.4, 0.5) is 11.4 Å². The van der Waals surface area contributed by atoms with Crippen LogP contribution in [0.5, 0.6) is 0 Å². The van der Waals surface area contributed by atoms with E-state index in [-0.39, 0.29) is 16.7 Å². The number of thiazole rings is 1. The Morgan fingerprint density at radius 3 is 2.68 bits per heavy atom. The second kappa shape index (κ2) is 5.36. The van der Waals surface area contributed by atoms with E-state index >= 15 is 0 Å². The van der Waals surface area contributed by atoms with Gasteiger partial charge < -0.3 is 5.32 Å². The number of nitrogens with zero attached hydrogens (tertiary/aromatic N) is 2. The maximum atomic E-state index is 10.7. The third-order valence-electron chi connectivity index (χ3n) is 2.97. The molecule has 1 aromatic carbocycles. The molecule has 19 heavy (non-hydrogen) atoms. The first kappa shape index (κ1) is 13.5. The Kier molecular flexibility index (Phi) is 3.80. The smallest absolute Gasteiger partial charge is 0.269 e. The van der Waals surface area contributed by atoms with Crippen molar-refractivity contribution in [2.24, 2.45) is 0 Å². The van der Waals surface area contributed by atoms with Gasteiger partial charge in [0.2, 0.25) is 0 Å². The molecule has 0 amide bonds. The van der Waals surface area contributed by atoms with Gasteiger partial charge in [0.25, 0.3) is 5.69 Å². The summed E-state index contributed by atoms with van der Waals surface area (Å²) in [6.45, 7) is 5.90. The highest BCUT2D eigenvalue weighted by molar-refractivity contribution is 7.09. The van der Waals surface area contributed by atoms with Crippen molar-refractivity contribution < 1.29 is 4.92 Å². The maximum Gasteiger partial charge on any atom is 0.269 e. The first-order chi connectivity index (χ1) is 8.99. The molecule has 1 N–H and O–H groups in total. The van der Waals surface area contributed by atoms with Crippen molar-refractivity contribution in [2.75, 3.05) is 5.32 Å². The van der Waals surface area contributed by atoms with Gasteiger partial charge in [-0.25, -0.2) is 4.98 Å². The summed E-state index contributed by atoms with van der Waals surface area (Å²) < 4.78 is 0. The van der Waals surface area contributed by atoms with Gasteiger partial charge in [-0.3, -0.25) is 10.1 Å². The minimum atomic E-state index is -0.381. The third kappa shape index (κ3) is 2.90. The lowest BCUT2D eigenvalue weighted by atomic mass is 10.1. The Balaban J connectivity index is 2.20. The lowest BCUT2D eigenvalue weighted by Crippen LogP contribution is -2.07. The molecule has 0 aliphatic carbocycles. The van der Waals surface area contributed by atoms with E-state index in [2.05, 4.69) is 17.2 Å². The molecule has 6 heteroatoms. The molecular weight excluding hydrogens is 262 g/mol. The fraction of sp³-hybridized carbons (Fsp3) is 0.308. The molecule has 0 fully saturated rings. The minimum absolute atomic E-state index is 0.115. The first-order valence-corrected chi connectivity index (χ1v) is 6.78. The molecule has 1 atom stereocenters. The molecule has 0 aliphatic heterocycles. The van der Waals surface area contributed by atoms with Crippen LogP contribution in [-0.2, 0) is 0 Å². The van der Waals surface area contributed by atoms with Crippen LogP contribution < -0.4 is 5.32 Å². The van der Waals surface area contributed by atoms with Gasteiger partial charge in [-0.05, 0) is 32.4 Å². The Labute approximate surface area is 115 Å². The predicted molar refractivity (Wildman–Crippen MR) is 76.7 cm³/mol. The predicted octanol–water partition coefficient (Wildman–Crippen LogP) is 3.84. The van der Waals surface area contributed by atoms with E-state index in [1.165, 1.54) is 10.9 Å². The molecule has 0 spiro atoms. The molecule has 1 unspecified atom stereocenters. The Hall–Kier alpha value is -1.95. The van der Waals surface area contributed by atoms with Crippen molar-refractivity contribution in [3.8, 4) is 0 Å². The van der Waals surface area contributed by atoms with Crippen molar-refractivity contribution in [3.05, 3.63) is 50.0 Å². The lowest BCUT2D eigenvalue weighted by molar-refractivity contribution is -0.384. The fourth-order valence-electron chi connectivity index (χ4n) is 1.95. The number of aromatic nitrogens is 1. The summed E-state index contributed by atoms with van der Waals surface area (Å²) in [5, 5.41) is 14.1. The van der Waals surface area contributed by atoms with E-state index < -0.39 is 0 Å². The zero-order valence-electron chi connectivity index (χ0n) is 11.0. The highest BCUT2D eigenvalue weighted by atomic mass is 32.1. The summed E-state index contributed by atoms with van der Waals surface area (Å²) in [7, 11) is 0. The highest BCUT2D eigenvalue weighted by Crippen LogP contribution is 2.28. The van der Waals surface area contributed by atoms with Crippen LogP contribution in [0.2, 0.25) is 0 Å². The lowest BCUT2D eigenvalue weighted by Gasteiger charge is -2.16. The largest absolute Gasteiger partial charge is 0.377 e.